The van der Waals surface area contributed by atoms with Gasteiger partial charge in [0.25, 0.3) is 0 Å². The summed E-state index contributed by atoms with van der Waals surface area (Å²) in [6.45, 7) is 1.65. The molecule has 0 fully saturated rings. The molecular weight excluding hydrogens is 296 g/mol. The predicted octanol–water partition coefficient (Wildman–Crippen LogP) is 1.71. The van der Waals surface area contributed by atoms with Crippen LogP contribution < -0.4 is 0 Å². The summed E-state index contributed by atoms with van der Waals surface area (Å²) in [5.41, 5.74) is 0.383. The zero-order chi connectivity index (χ0) is 13.3. The van der Waals surface area contributed by atoms with E-state index in [1.165, 1.54) is 4.68 Å². The molecule has 5 nitrogen and oxygen atoms in total. The van der Waals surface area contributed by atoms with Gasteiger partial charge >= 0.3 is 0 Å². The van der Waals surface area contributed by atoms with Gasteiger partial charge in [0, 0.05) is 7.05 Å². The van der Waals surface area contributed by atoms with Crippen molar-refractivity contribution in [3.05, 3.63) is 45.7 Å². The summed E-state index contributed by atoms with van der Waals surface area (Å²) in [6, 6.07) is 8.90. The van der Waals surface area contributed by atoms with Crippen molar-refractivity contribution in [2.45, 2.75) is 12.5 Å². The lowest BCUT2D eigenvalue weighted by Gasteiger charge is -2.24. The van der Waals surface area contributed by atoms with E-state index in [0.29, 0.717) is 21.4 Å². The Morgan fingerprint density at radius 1 is 1.50 bits per heavy atom. The maximum Gasteiger partial charge on any atom is 0.154 e. The Morgan fingerprint density at radius 2 is 2.22 bits per heavy atom. The standard InChI is InChI=1S/C12H11BrN4O/c1-12(18,10-11(13)15-16-17(10)2)9-5-3-4-8(6-9)7-14/h3-6,18H,1-2H3. The molecule has 0 aliphatic carbocycles. The molecule has 1 unspecified atom stereocenters. The van der Waals surface area contributed by atoms with E-state index in [2.05, 4.69) is 32.3 Å². The molecule has 1 aromatic carbocycles. The number of aryl methyl sites for hydroxylation is 1. The van der Waals surface area contributed by atoms with E-state index in [4.69, 9.17) is 5.26 Å². The maximum absolute atomic E-state index is 10.7. The molecule has 2 rings (SSSR count). The van der Waals surface area contributed by atoms with Gasteiger partial charge in [0.2, 0.25) is 0 Å². The zero-order valence-electron chi connectivity index (χ0n) is 9.92. The van der Waals surface area contributed by atoms with E-state index in [1.807, 2.05) is 0 Å². The average molecular weight is 307 g/mol. The Labute approximate surface area is 113 Å². The molecule has 0 bridgehead atoms. The van der Waals surface area contributed by atoms with E-state index in [0.717, 1.165) is 0 Å². The van der Waals surface area contributed by atoms with Crippen LogP contribution in [0.1, 0.15) is 23.7 Å². The first kappa shape index (κ1) is 12.7. The quantitative estimate of drug-likeness (QED) is 0.916. The van der Waals surface area contributed by atoms with Gasteiger partial charge in [-0.15, -0.1) is 5.10 Å². The molecule has 0 saturated heterocycles. The molecule has 1 atom stereocenters. The van der Waals surface area contributed by atoms with Crippen LogP contribution >= 0.6 is 15.9 Å². The van der Waals surface area contributed by atoms with Gasteiger partial charge < -0.3 is 5.11 Å². The highest BCUT2D eigenvalue weighted by Crippen LogP contribution is 2.32. The molecule has 2 aromatic rings. The Morgan fingerprint density at radius 3 is 2.78 bits per heavy atom. The number of hydrogen-bond acceptors (Lipinski definition) is 4. The van der Waals surface area contributed by atoms with Crippen molar-refractivity contribution >= 4 is 15.9 Å². The smallest absolute Gasteiger partial charge is 0.154 e. The van der Waals surface area contributed by atoms with Crippen molar-refractivity contribution in [3.63, 3.8) is 0 Å². The van der Waals surface area contributed by atoms with Crippen LogP contribution in [-0.4, -0.2) is 20.1 Å². The molecule has 1 aromatic heterocycles. The van der Waals surface area contributed by atoms with Crippen molar-refractivity contribution in [1.29, 1.82) is 5.26 Å². The van der Waals surface area contributed by atoms with Crippen LogP contribution in [0, 0.1) is 11.3 Å². The molecule has 92 valence electrons. The average Bonchev–Trinajstić information content (AvgIpc) is 2.69. The van der Waals surface area contributed by atoms with Gasteiger partial charge in [-0.25, -0.2) is 4.68 Å². The monoisotopic (exact) mass is 306 g/mol. The van der Waals surface area contributed by atoms with E-state index >= 15 is 0 Å². The van der Waals surface area contributed by atoms with Crippen molar-refractivity contribution in [2.75, 3.05) is 0 Å². The first-order chi connectivity index (χ1) is 8.46. The van der Waals surface area contributed by atoms with Gasteiger partial charge in [0.15, 0.2) is 4.60 Å². The molecule has 0 saturated carbocycles. The van der Waals surface area contributed by atoms with E-state index < -0.39 is 5.60 Å². The SMILES string of the molecule is Cn1nnc(Br)c1C(C)(O)c1cccc(C#N)c1. The molecule has 1 N–H and O–H groups in total. The number of benzene rings is 1. The molecule has 6 heteroatoms. The lowest BCUT2D eigenvalue weighted by molar-refractivity contribution is 0.0921. The highest BCUT2D eigenvalue weighted by atomic mass is 79.9. The summed E-state index contributed by atoms with van der Waals surface area (Å²) >= 11 is 3.27. The lowest BCUT2D eigenvalue weighted by Crippen LogP contribution is -2.26. The fraction of sp³-hybridized carbons (Fsp3) is 0.250. The fourth-order valence-corrected chi connectivity index (χ4v) is 2.59. The number of nitriles is 1. The van der Waals surface area contributed by atoms with Gasteiger partial charge in [-0.2, -0.15) is 5.26 Å². The molecule has 0 radical (unpaired) electrons. The third kappa shape index (κ3) is 2.03. The molecule has 0 aliphatic heterocycles. The summed E-state index contributed by atoms with van der Waals surface area (Å²) in [6.07, 6.45) is 0. The van der Waals surface area contributed by atoms with E-state index in [-0.39, 0.29) is 0 Å². The normalized spacial score (nSPS) is 13.9. The van der Waals surface area contributed by atoms with Crippen molar-refractivity contribution in [1.82, 2.24) is 15.0 Å². The minimum atomic E-state index is -1.27. The Kier molecular flexibility index (Phi) is 3.20. The number of halogens is 1. The maximum atomic E-state index is 10.7. The number of aromatic nitrogens is 3. The summed E-state index contributed by atoms with van der Waals surface area (Å²) in [5.74, 6) is 0. The Hall–Kier alpha value is -1.71. The topological polar surface area (TPSA) is 74.7 Å². The Balaban J connectivity index is 2.58. The number of rotatable bonds is 2. The van der Waals surface area contributed by atoms with Crippen LogP contribution in [0.2, 0.25) is 0 Å². The second kappa shape index (κ2) is 4.52. The molecule has 0 aliphatic rings. The van der Waals surface area contributed by atoms with Gasteiger partial charge in [0.1, 0.15) is 11.3 Å². The number of aliphatic hydroxyl groups is 1. The Bertz CT molecular complexity index is 608. The molecule has 18 heavy (non-hydrogen) atoms. The highest BCUT2D eigenvalue weighted by molar-refractivity contribution is 9.10. The molecule has 0 spiro atoms. The molecule has 0 amide bonds. The predicted molar refractivity (Wildman–Crippen MR) is 68.5 cm³/mol. The van der Waals surface area contributed by atoms with Gasteiger partial charge in [0.05, 0.1) is 11.6 Å². The summed E-state index contributed by atoms with van der Waals surface area (Å²) in [7, 11) is 1.70. The highest BCUT2D eigenvalue weighted by Gasteiger charge is 2.32. The largest absolute Gasteiger partial charge is 0.379 e. The van der Waals surface area contributed by atoms with Crippen LogP contribution in [0.5, 0.6) is 0 Å². The zero-order valence-corrected chi connectivity index (χ0v) is 11.5. The van der Waals surface area contributed by atoms with Crippen LogP contribution in [0.15, 0.2) is 28.9 Å². The number of nitrogens with zero attached hydrogens (tertiary/aromatic N) is 4. The van der Waals surface area contributed by atoms with Crippen molar-refractivity contribution < 1.29 is 5.11 Å². The second-order valence-electron chi connectivity index (χ2n) is 4.12. The van der Waals surface area contributed by atoms with Gasteiger partial charge in [-0.3, -0.25) is 0 Å². The summed E-state index contributed by atoms with van der Waals surface area (Å²) in [5, 5.41) is 27.3. The van der Waals surface area contributed by atoms with E-state index in [1.54, 1.807) is 38.2 Å². The second-order valence-corrected chi connectivity index (χ2v) is 4.87. The van der Waals surface area contributed by atoms with E-state index in [9.17, 15) is 5.11 Å². The fourth-order valence-electron chi connectivity index (χ4n) is 1.88. The third-order valence-electron chi connectivity index (χ3n) is 2.80. The first-order valence-corrected chi connectivity index (χ1v) is 6.04. The minimum Gasteiger partial charge on any atom is -0.379 e. The summed E-state index contributed by atoms with van der Waals surface area (Å²) < 4.78 is 1.99. The van der Waals surface area contributed by atoms with Gasteiger partial charge in [-0.05, 0) is 40.5 Å². The van der Waals surface area contributed by atoms with Crippen molar-refractivity contribution in [3.8, 4) is 6.07 Å². The minimum absolute atomic E-state index is 0.484. The van der Waals surface area contributed by atoms with Crippen LogP contribution in [0.25, 0.3) is 0 Å². The van der Waals surface area contributed by atoms with Gasteiger partial charge in [-0.1, -0.05) is 17.3 Å². The lowest BCUT2D eigenvalue weighted by atomic mass is 9.92. The van der Waals surface area contributed by atoms with Crippen LogP contribution in [0.3, 0.4) is 0 Å². The van der Waals surface area contributed by atoms with Crippen LogP contribution in [0.4, 0.5) is 0 Å². The first-order valence-electron chi connectivity index (χ1n) is 5.25. The van der Waals surface area contributed by atoms with Crippen molar-refractivity contribution in [2.24, 2.45) is 7.05 Å². The van der Waals surface area contributed by atoms with Crippen LogP contribution in [-0.2, 0) is 12.6 Å². The summed E-state index contributed by atoms with van der Waals surface area (Å²) in [4.78, 5) is 0. The molecule has 1 heterocycles. The molecular formula is C12H11BrN4O. The number of hydrogen-bond donors (Lipinski definition) is 1. The third-order valence-corrected chi connectivity index (χ3v) is 3.33.